The van der Waals surface area contributed by atoms with Gasteiger partial charge in [-0.15, -0.1) is 0 Å². The van der Waals surface area contributed by atoms with Crippen LogP contribution in [0.2, 0.25) is 5.02 Å². The summed E-state index contributed by atoms with van der Waals surface area (Å²) in [5.41, 5.74) is 0.524. The molecule has 0 N–H and O–H groups in total. The van der Waals surface area contributed by atoms with Crippen molar-refractivity contribution in [1.29, 1.82) is 0 Å². The number of halogens is 1. The van der Waals surface area contributed by atoms with Crippen molar-refractivity contribution >= 4 is 29.2 Å². The molecule has 0 aromatic heterocycles. The van der Waals surface area contributed by atoms with Gasteiger partial charge in [-0.1, -0.05) is 17.7 Å². The highest BCUT2D eigenvalue weighted by molar-refractivity contribution is 6.30. The first-order valence-electron chi connectivity index (χ1n) is 7.43. The van der Waals surface area contributed by atoms with Gasteiger partial charge < -0.3 is 9.64 Å². The van der Waals surface area contributed by atoms with Crippen LogP contribution in [0.5, 0.6) is 0 Å². The van der Waals surface area contributed by atoms with E-state index in [9.17, 15) is 9.59 Å². The average Bonchev–Trinajstić information content (AvgIpc) is 2.94. The number of carbonyl (C=O) groups is 2. The van der Waals surface area contributed by atoms with Crippen LogP contribution in [-0.4, -0.2) is 49.2 Å². The molecule has 1 aliphatic rings. The molecule has 6 heteroatoms. The van der Waals surface area contributed by atoms with Crippen molar-refractivity contribution in [2.45, 2.75) is 6.92 Å². The second kappa shape index (κ2) is 7.92. The molecule has 122 valence electrons. The van der Waals surface area contributed by atoms with Crippen molar-refractivity contribution in [3.63, 3.8) is 0 Å². The fraction of sp³-hybridized carbons (Fsp3) is 0.353. The monoisotopic (exact) mass is 334 g/mol. The van der Waals surface area contributed by atoms with Crippen LogP contribution >= 0.6 is 11.6 Å². The number of ether oxygens (including phenoxy) is 1. The maximum atomic E-state index is 12.8. The van der Waals surface area contributed by atoms with Crippen molar-refractivity contribution in [2.75, 3.05) is 26.7 Å². The summed E-state index contributed by atoms with van der Waals surface area (Å²) < 4.78 is 4.87. The molecule has 0 saturated carbocycles. The Morgan fingerprint density at radius 3 is 2.65 bits per heavy atom. The second-order valence-electron chi connectivity index (χ2n) is 5.12. The standard InChI is InChI=1S/C17H19ClN2O3/c1-3-23-15(21)9-8-14(17-19-10-11-20(17)2)16(22)12-4-6-13(18)7-5-12/h4-9,14H,3,10-11H2,1-2H3/b9-8+. The number of carbonyl (C=O) groups excluding carboxylic acids is 2. The zero-order valence-electron chi connectivity index (χ0n) is 13.2. The molecular weight excluding hydrogens is 316 g/mol. The normalized spacial score (nSPS) is 15.6. The lowest BCUT2D eigenvalue weighted by atomic mass is 9.95. The van der Waals surface area contributed by atoms with Crippen LogP contribution in [0.1, 0.15) is 17.3 Å². The molecule has 1 aromatic carbocycles. The van der Waals surface area contributed by atoms with E-state index >= 15 is 0 Å². The van der Waals surface area contributed by atoms with Gasteiger partial charge in [-0.2, -0.15) is 0 Å². The molecule has 5 nitrogen and oxygen atoms in total. The van der Waals surface area contributed by atoms with Crippen LogP contribution in [0, 0.1) is 5.92 Å². The molecule has 0 amide bonds. The van der Waals surface area contributed by atoms with Gasteiger partial charge in [0.05, 0.1) is 19.1 Å². The molecule has 0 fully saturated rings. The van der Waals surface area contributed by atoms with Crippen LogP contribution in [-0.2, 0) is 9.53 Å². The molecule has 1 atom stereocenters. The Morgan fingerprint density at radius 1 is 1.39 bits per heavy atom. The molecule has 23 heavy (non-hydrogen) atoms. The van der Waals surface area contributed by atoms with Gasteiger partial charge >= 0.3 is 5.97 Å². The third-order valence-electron chi connectivity index (χ3n) is 3.50. The molecule has 1 aromatic rings. The van der Waals surface area contributed by atoms with Crippen LogP contribution in [0.4, 0.5) is 0 Å². The molecule has 0 spiro atoms. The van der Waals surface area contributed by atoms with Gasteiger partial charge in [0.1, 0.15) is 5.84 Å². The van der Waals surface area contributed by atoms with Gasteiger partial charge in [0.2, 0.25) is 0 Å². The summed E-state index contributed by atoms with van der Waals surface area (Å²) in [7, 11) is 1.88. The number of esters is 1. The first-order chi connectivity index (χ1) is 11.0. The van der Waals surface area contributed by atoms with E-state index in [0.29, 0.717) is 29.6 Å². The number of hydrogen-bond donors (Lipinski definition) is 0. The molecule has 1 aliphatic heterocycles. The largest absolute Gasteiger partial charge is 0.463 e. The van der Waals surface area contributed by atoms with E-state index in [4.69, 9.17) is 16.3 Å². The number of amidine groups is 1. The number of rotatable bonds is 6. The number of hydrogen-bond acceptors (Lipinski definition) is 5. The molecule has 0 bridgehead atoms. The van der Waals surface area contributed by atoms with Gasteiger partial charge in [0, 0.05) is 30.3 Å². The minimum Gasteiger partial charge on any atom is -0.463 e. The molecule has 1 unspecified atom stereocenters. The zero-order chi connectivity index (χ0) is 16.8. The Balaban J connectivity index is 2.27. The summed E-state index contributed by atoms with van der Waals surface area (Å²) in [4.78, 5) is 30.7. The van der Waals surface area contributed by atoms with Gasteiger partial charge in [-0.25, -0.2) is 4.79 Å². The van der Waals surface area contributed by atoms with Gasteiger partial charge in [-0.05, 0) is 31.2 Å². The predicted molar refractivity (Wildman–Crippen MR) is 90.0 cm³/mol. The SMILES string of the molecule is CCOC(=O)/C=C/C(C(=O)c1ccc(Cl)cc1)C1=NCCN1C. The van der Waals surface area contributed by atoms with Crippen molar-refractivity contribution in [2.24, 2.45) is 10.9 Å². The summed E-state index contributed by atoms with van der Waals surface area (Å²) in [5, 5.41) is 0.565. The Labute approximate surface area is 140 Å². The summed E-state index contributed by atoms with van der Waals surface area (Å²) in [5.74, 6) is -0.559. The fourth-order valence-electron chi connectivity index (χ4n) is 2.34. The van der Waals surface area contributed by atoms with E-state index in [2.05, 4.69) is 4.99 Å². The summed E-state index contributed by atoms with van der Waals surface area (Å²) in [6.07, 6.45) is 2.84. The summed E-state index contributed by atoms with van der Waals surface area (Å²) in [6, 6.07) is 6.68. The van der Waals surface area contributed by atoms with Crippen LogP contribution in [0.3, 0.4) is 0 Å². The highest BCUT2D eigenvalue weighted by atomic mass is 35.5. The van der Waals surface area contributed by atoms with Crippen molar-refractivity contribution in [3.8, 4) is 0 Å². The summed E-state index contributed by atoms with van der Waals surface area (Å²) >= 11 is 5.87. The average molecular weight is 335 g/mol. The van der Waals surface area contributed by atoms with Gasteiger partial charge in [0.15, 0.2) is 5.78 Å². The van der Waals surface area contributed by atoms with E-state index in [1.54, 1.807) is 37.3 Å². The Bertz CT molecular complexity index is 638. The summed E-state index contributed by atoms with van der Waals surface area (Å²) in [6.45, 7) is 3.42. The first-order valence-corrected chi connectivity index (χ1v) is 7.81. The number of likely N-dealkylation sites (N-methyl/N-ethyl adjacent to an activating group) is 1. The lowest BCUT2D eigenvalue weighted by molar-refractivity contribution is -0.137. The molecule has 2 rings (SSSR count). The quantitative estimate of drug-likeness (QED) is 0.456. The van der Waals surface area contributed by atoms with E-state index in [-0.39, 0.29) is 5.78 Å². The lowest BCUT2D eigenvalue weighted by Gasteiger charge is -2.20. The molecular formula is C17H19ClN2O3. The van der Waals surface area contributed by atoms with Gasteiger partial charge in [0.25, 0.3) is 0 Å². The third kappa shape index (κ3) is 4.42. The van der Waals surface area contributed by atoms with E-state index in [1.165, 1.54) is 6.08 Å². The second-order valence-corrected chi connectivity index (χ2v) is 5.56. The van der Waals surface area contributed by atoms with E-state index in [1.807, 2.05) is 11.9 Å². The van der Waals surface area contributed by atoms with Crippen molar-refractivity contribution in [3.05, 3.63) is 47.0 Å². The van der Waals surface area contributed by atoms with Crippen LogP contribution in [0.15, 0.2) is 41.4 Å². The van der Waals surface area contributed by atoms with Crippen molar-refractivity contribution in [1.82, 2.24) is 4.90 Å². The predicted octanol–water partition coefficient (Wildman–Crippen LogP) is 2.60. The van der Waals surface area contributed by atoms with Gasteiger partial charge in [-0.3, -0.25) is 9.79 Å². The maximum Gasteiger partial charge on any atom is 0.330 e. The minimum absolute atomic E-state index is 0.130. The number of nitrogens with zero attached hydrogens (tertiary/aromatic N) is 2. The fourth-order valence-corrected chi connectivity index (χ4v) is 2.46. The van der Waals surface area contributed by atoms with Crippen molar-refractivity contribution < 1.29 is 14.3 Å². The number of benzene rings is 1. The third-order valence-corrected chi connectivity index (χ3v) is 3.75. The molecule has 0 aliphatic carbocycles. The van der Waals surface area contributed by atoms with Crippen LogP contribution < -0.4 is 0 Å². The number of ketones is 1. The zero-order valence-corrected chi connectivity index (χ0v) is 13.9. The highest BCUT2D eigenvalue weighted by Crippen LogP contribution is 2.19. The minimum atomic E-state index is -0.618. The Hall–Kier alpha value is -2.14. The lowest BCUT2D eigenvalue weighted by Crippen LogP contribution is -2.33. The topological polar surface area (TPSA) is 59.0 Å². The van der Waals surface area contributed by atoms with Crippen LogP contribution in [0.25, 0.3) is 0 Å². The highest BCUT2D eigenvalue weighted by Gasteiger charge is 2.28. The molecule has 1 heterocycles. The molecule has 0 saturated heterocycles. The number of aliphatic imine (C=N–C) groups is 1. The Morgan fingerprint density at radius 2 is 2.09 bits per heavy atom. The smallest absolute Gasteiger partial charge is 0.330 e. The molecule has 0 radical (unpaired) electrons. The van der Waals surface area contributed by atoms with E-state index < -0.39 is 11.9 Å². The maximum absolute atomic E-state index is 12.8. The first kappa shape index (κ1) is 17.2. The van der Waals surface area contributed by atoms with E-state index in [0.717, 1.165) is 6.54 Å². The number of Topliss-reactive ketones (excluding diaryl/α,β-unsaturated/α-hetero) is 1. The Kier molecular flexibility index (Phi) is 5.93.